The zero-order chi connectivity index (χ0) is 13.5. The summed E-state index contributed by atoms with van der Waals surface area (Å²) in [5, 5.41) is 0.299. The summed E-state index contributed by atoms with van der Waals surface area (Å²) in [7, 11) is 1.31. The van der Waals surface area contributed by atoms with Crippen LogP contribution in [0.3, 0.4) is 0 Å². The minimum atomic E-state index is -4.57. The second-order valence-corrected chi connectivity index (χ2v) is 3.93. The van der Waals surface area contributed by atoms with E-state index in [1.54, 1.807) is 19.1 Å². The monoisotopic (exact) mass is 254 g/mol. The predicted octanol–water partition coefficient (Wildman–Crippen LogP) is 3.47. The predicted molar refractivity (Wildman–Crippen MR) is 60.4 cm³/mol. The van der Waals surface area contributed by atoms with Crippen LogP contribution in [0.15, 0.2) is 23.2 Å². The van der Waals surface area contributed by atoms with Crippen LogP contribution >= 0.6 is 0 Å². The highest BCUT2D eigenvalue weighted by atomic mass is 19.4. The maximum absolute atomic E-state index is 13.0. The standard InChI is InChI=1S/C12H9F3N2O/c1-7-4-3-5-8-9(16-6-18)11(12(13,14)15)17(2)10(7)8/h3-5H,1-2H3. The van der Waals surface area contributed by atoms with Gasteiger partial charge in [-0.1, -0.05) is 18.2 Å². The third kappa shape index (κ3) is 1.71. The molecule has 0 amide bonds. The summed E-state index contributed by atoms with van der Waals surface area (Å²) in [5.41, 5.74) is -0.208. The summed E-state index contributed by atoms with van der Waals surface area (Å²) in [5.74, 6) is 0. The Morgan fingerprint density at radius 1 is 1.33 bits per heavy atom. The normalized spacial score (nSPS) is 11.6. The Morgan fingerprint density at radius 2 is 2.00 bits per heavy atom. The highest BCUT2D eigenvalue weighted by Crippen LogP contribution is 2.43. The number of isocyanates is 1. The summed E-state index contributed by atoms with van der Waals surface area (Å²) in [6.45, 7) is 1.71. The van der Waals surface area contributed by atoms with Gasteiger partial charge >= 0.3 is 6.18 Å². The maximum atomic E-state index is 13.0. The fourth-order valence-electron chi connectivity index (χ4n) is 2.18. The van der Waals surface area contributed by atoms with E-state index in [1.807, 2.05) is 0 Å². The van der Waals surface area contributed by atoms with Gasteiger partial charge in [-0.3, -0.25) is 0 Å². The molecule has 0 saturated carbocycles. The van der Waals surface area contributed by atoms with Crippen LogP contribution in [-0.2, 0) is 18.0 Å². The van der Waals surface area contributed by atoms with Crippen molar-refractivity contribution in [1.82, 2.24) is 4.57 Å². The SMILES string of the molecule is Cc1cccc2c(N=C=O)c(C(F)(F)F)n(C)c12. The van der Waals surface area contributed by atoms with Crippen molar-refractivity contribution in [2.75, 3.05) is 0 Å². The van der Waals surface area contributed by atoms with Crippen LogP contribution in [-0.4, -0.2) is 10.6 Å². The summed E-state index contributed by atoms with van der Waals surface area (Å²) in [4.78, 5) is 13.5. The van der Waals surface area contributed by atoms with Crippen molar-refractivity contribution in [3.05, 3.63) is 29.5 Å². The second-order valence-electron chi connectivity index (χ2n) is 3.93. The number of rotatable bonds is 1. The van der Waals surface area contributed by atoms with Crippen molar-refractivity contribution in [3.8, 4) is 0 Å². The number of para-hydroxylation sites is 1. The lowest BCUT2D eigenvalue weighted by atomic mass is 10.1. The zero-order valence-corrected chi connectivity index (χ0v) is 9.67. The molecular weight excluding hydrogens is 245 g/mol. The van der Waals surface area contributed by atoms with Gasteiger partial charge in [-0.25, -0.2) is 4.79 Å². The molecule has 0 bridgehead atoms. The molecular formula is C12H9F3N2O. The molecule has 2 rings (SSSR count). The number of nitrogens with zero attached hydrogens (tertiary/aromatic N) is 2. The van der Waals surface area contributed by atoms with Crippen molar-refractivity contribution in [2.45, 2.75) is 13.1 Å². The van der Waals surface area contributed by atoms with Gasteiger partial charge in [0.2, 0.25) is 6.08 Å². The quantitative estimate of drug-likeness (QED) is 0.566. The van der Waals surface area contributed by atoms with Gasteiger partial charge in [-0.2, -0.15) is 18.2 Å². The molecule has 3 nitrogen and oxygen atoms in total. The highest BCUT2D eigenvalue weighted by Gasteiger charge is 2.39. The van der Waals surface area contributed by atoms with E-state index in [4.69, 9.17) is 0 Å². The van der Waals surface area contributed by atoms with Crippen molar-refractivity contribution in [1.29, 1.82) is 0 Å². The van der Waals surface area contributed by atoms with Gasteiger partial charge in [-0.15, -0.1) is 0 Å². The lowest BCUT2D eigenvalue weighted by molar-refractivity contribution is -0.142. The second kappa shape index (κ2) is 3.99. The first-order valence-corrected chi connectivity index (χ1v) is 5.11. The molecule has 18 heavy (non-hydrogen) atoms. The highest BCUT2D eigenvalue weighted by molar-refractivity contribution is 5.96. The lowest BCUT2D eigenvalue weighted by Crippen LogP contribution is -2.11. The van der Waals surface area contributed by atoms with Crippen molar-refractivity contribution in [3.63, 3.8) is 0 Å². The average Bonchev–Trinajstić information content (AvgIpc) is 2.53. The van der Waals surface area contributed by atoms with Crippen LogP contribution in [0.25, 0.3) is 10.9 Å². The molecule has 1 aromatic heterocycles. The molecule has 0 atom stereocenters. The molecule has 0 saturated heterocycles. The number of hydrogen-bond donors (Lipinski definition) is 0. The number of halogens is 3. The minimum absolute atomic E-state index is 0.299. The number of aliphatic imine (C=N–C) groups is 1. The fraction of sp³-hybridized carbons (Fsp3) is 0.250. The Hall–Kier alpha value is -2.07. The van der Waals surface area contributed by atoms with Crippen LogP contribution < -0.4 is 0 Å². The molecule has 2 aromatic rings. The largest absolute Gasteiger partial charge is 0.433 e. The first-order chi connectivity index (χ1) is 8.38. The minimum Gasteiger partial charge on any atom is -0.338 e. The number of carbonyl (C=O) groups excluding carboxylic acids is 1. The Kier molecular flexibility index (Phi) is 2.75. The van der Waals surface area contributed by atoms with Crippen molar-refractivity contribution >= 4 is 22.7 Å². The first-order valence-electron chi connectivity index (χ1n) is 5.11. The van der Waals surface area contributed by atoms with Gasteiger partial charge in [0, 0.05) is 12.4 Å². The van der Waals surface area contributed by atoms with Gasteiger partial charge < -0.3 is 4.57 Å². The number of benzene rings is 1. The molecule has 0 aliphatic rings. The molecule has 0 aliphatic carbocycles. The molecule has 94 valence electrons. The van der Waals surface area contributed by atoms with Gasteiger partial charge in [0.25, 0.3) is 0 Å². The number of aromatic nitrogens is 1. The Morgan fingerprint density at radius 3 is 2.56 bits per heavy atom. The molecule has 0 N–H and O–H groups in total. The van der Waals surface area contributed by atoms with Crippen molar-refractivity contribution < 1.29 is 18.0 Å². The zero-order valence-electron chi connectivity index (χ0n) is 9.67. The summed E-state index contributed by atoms with van der Waals surface area (Å²) >= 11 is 0. The topological polar surface area (TPSA) is 34.4 Å². The molecule has 0 spiro atoms. The average molecular weight is 254 g/mol. The Labute approximate surface area is 101 Å². The van der Waals surface area contributed by atoms with E-state index in [9.17, 15) is 18.0 Å². The van der Waals surface area contributed by atoms with Gasteiger partial charge in [-0.05, 0) is 12.5 Å². The Balaban J connectivity index is 3.01. The van der Waals surface area contributed by atoms with Crippen LogP contribution in [0.4, 0.5) is 18.9 Å². The fourth-order valence-corrected chi connectivity index (χ4v) is 2.18. The van der Waals surface area contributed by atoms with E-state index in [2.05, 4.69) is 4.99 Å². The molecule has 1 heterocycles. The molecule has 6 heteroatoms. The smallest absolute Gasteiger partial charge is 0.338 e. The van der Waals surface area contributed by atoms with E-state index in [0.717, 1.165) is 4.57 Å². The third-order valence-corrected chi connectivity index (χ3v) is 2.81. The van der Waals surface area contributed by atoms with E-state index in [1.165, 1.54) is 19.2 Å². The van der Waals surface area contributed by atoms with Crippen LogP contribution in [0.2, 0.25) is 0 Å². The number of hydrogen-bond acceptors (Lipinski definition) is 2. The number of alkyl halides is 3. The molecule has 0 unspecified atom stereocenters. The molecule has 0 fully saturated rings. The number of fused-ring (bicyclic) bond motifs is 1. The van der Waals surface area contributed by atoms with E-state index >= 15 is 0 Å². The molecule has 1 aromatic carbocycles. The third-order valence-electron chi connectivity index (χ3n) is 2.81. The summed E-state index contributed by atoms with van der Waals surface area (Å²) in [6.07, 6.45) is -3.39. The van der Waals surface area contributed by atoms with Crippen LogP contribution in [0.5, 0.6) is 0 Å². The van der Waals surface area contributed by atoms with E-state index in [0.29, 0.717) is 16.5 Å². The van der Waals surface area contributed by atoms with Gasteiger partial charge in [0.05, 0.1) is 5.52 Å². The Bertz CT molecular complexity index is 664. The van der Waals surface area contributed by atoms with Gasteiger partial charge in [0.15, 0.2) is 5.69 Å². The first kappa shape index (κ1) is 12.4. The van der Waals surface area contributed by atoms with E-state index < -0.39 is 11.9 Å². The number of aryl methyl sites for hydroxylation is 2. The van der Waals surface area contributed by atoms with Gasteiger partial charge in [0.1, 0.15) is 5.69 Å². The maximum Gasteiger partial charge on any atom is 0.433 e. The van der Waals surface area contributed by atoms with Crippen molar-refractivity contribution in [2.24, 2.45) is 12.0 Å². The van der Waals surface area contributed by atoms with Crippen LogP contribution in [0, 0.1) is 6.92 Å². The van der Waals surface area contributed by atoms with E-state index in [-0.39, 0.29) is 5.69 Å². The summed E-state index contributed by atoms with van der Waals surface area (Å²) < 4.78 is 40.0. The molecule has 0 radical (unpaired) electrons. The lowest BCUT2D eigenvalue weighted by Gasteiger charge is -2.09. The van der Waals surface area contributed by atoms with Crippen LogP contribution in [0.1, 0.15) is 11.3 Å². The molecule has 0 aliphatic heterocycles. The summed E-state index contributed by atoms with van der Waals surface area (Å²) in [6, 6.07) is 4.84.